The summed E-state index contributed by atoms with van der Waals surface area (Å²) in [6.45, 7) is 3.84. The highest BCUT2D eigenvalue weighted by Crippen LogP contribution is 2.30. The molecular formula is C19H16FN3O3. The van der Waals surface area contributed by atoms with Crippen molar-refractivity contribution in [3.63, 3.8) is 0 Å². The number of hydrogen-bond acceptors (Lipinski definition) is 4. The molecule has 26 heavy (non-hydrogen) atoms. The average molecular weight is 353 g/mol. The third-order valence-electron chi connectivity index (χ3n) is 4.07. The van der Waals surface area contributed by atoms with E-state index in [0.29, 0.717) is 0 Å². The molecule has 0 aliphatic rings. The summed E-state index contributed by atoms with van der Waals surface area (Å²) in [4.78, 5) is 14.4. The maximum atomic E-state index is 13.1. The summed E-state index contributed by atoms with van der Waals surface area (Å²) in [7, 11) is 0. The molecule has 0 aliphatic heterocycles. The number of aliphatic imine (C=N–C) groups is 1. The predicted octanol–water partition coefficient (Wildman–Crippen LogP) is 4.60. The predicted molar refractivity (Wildman–Crippen MR) is 97.2 cm³/mol. The zero-order chi connectivity index (χ0) is 18.8. The summed E-state index contributed by atoms with van der Waals surface area (Å²) in [6.07, 6.45) is 1.59. The molecule has 0 radical (unpaired) electrons. The molecule has 3 aromatic rings. The number of nitro benzene ring substituents is 1. The van der Waals surface area contributed by atoms with Crippen molar-refractivity contribution in [1.29, 1.82) is 0 Å². The van der Waals surface area contributed by atoms with Crippen LogP contribution in [0.25, 0.3) is 5.69 Å². The highest BCUT2D eigenvalue weighted by molar-refractivity contribution is 5.85. The molecular weight excluding hydrogens is 337 g/mol. The highest BCUT2D eigenvalue weighted by Gasteiger charge is 2.11. The third-order valence-corrected chi connectivity index (χ3v) is 4.07. The maximum Gasteiger partial charge on any atom is 0.273 e. The summed E-state index contributed by atoms with van der Waals surface area (Å²) in [5, 5.41) is 20.6. The molecule has 1 heterocycles. The largest absolute Gasteiger partial charge is 0.505 e. The van der Waals surface area contributed by atoms with Gasteiger partial charge in [0.2, 0.25) is 0 Å². The third kappa shape index (κ3) is 3.32. The quantitative estimate of drug-likeness (QED) is 0.423. The summed E-state index contributed by atoms with van der Waals surface area (Å²) < 4.78 is 15.1. The lowest BCUT2D eigenvalue weighted by Gasteiger charge is -2.09. The molecule has 6 nitrogen and oxygen atoms in total. The first-order valence-electron chi connectivity index (χ1n) is 7.83. The fourth-order valence-corrected chi connectivity index (χ4v) is 2.78. The van der Waals surface area contributed by atoms with Gasteiger partial charge in [0.05, 0.1) is 11.0 Å². The van der Waals surface area contributed by atoms with Gasteiger partial charge in [-0.2, -0.15) is 0 Å². The molecule has 1 aromatic heterocycles. The number of aryl methyl sites for hydroxylation is 1. The fraction of sp³-hybridized carbons (Fsp3) is 0.105. The van der Waals surface area contributed by atoms with Gasteiger partial charge in [-0.3, -0.25) is 15.1 Å². The Morgan fingerprint density at radius 3 is 2.46 bits per heavy atom. The van der Waals surface area contributed by atoms with E-state index in [9.17, 15) is 19.6 Å². The minimum Gasteiger partial charge on any atom is -0.505 e. The second kappa shape index (κ2) is 6.79. The van der Waals surface area contributed by atoms with Crippen LogP contribution in [0.1, 0.15) is 17.0 Å². The molecule has 3 rings (SSSR count). The number of phenols is 1. The molecule has 0 saturated carbocycles. The Hall–Kier alpha value is -3.48. The van der Waals surface area contributed by atoms with E-state index in [4.69, 9.17) is 0 Å². The van der Waals surface area contributed by atoms with Gasteiger partial charge in [-0.25, -0.2) is 4.39 Å². The number of non-ortho nitro benzene ring substituents is 1. The molecule has 0 fully saturated rings. The van der Waals surface area contributed by atoms with Crippen molar-refractivity contribution in [1.82, 2.24) is 4.57 Å². The van der Waals surface area contributed by atoms with Crippen molar-refractivity contribution < 1.29 is 14.4 Å². The van der Waals surface area contributed by atoms with Crippen LogP contribution in [-0.4, -0.2) is 20.8 Å². The van der Waals surface area contributed by atoms with Crippen molar-refractivity contribution in [2.75, 3.05) is 0 Å². The van der Waals surface area contributed by atoms with Crippen LogP contribution in [0.15, 0.2) is 53.5 Å². The van der Waals surface area contributed by atoms with E-state index in [1.165, 1.54) is 24.3 Å². The van der Waals surface area contributed by atoms with E-state index in [2.05, 4.69) is 4.99 Å². The van der Waals surface area contributed by atoms with Gasteiger partial charge in [0.1, 0.15) is 17.3 Å². The zero-order valence-corrected chi connectivity index (χ0v) is 14.2. The SMILES string of the molecule is Cc1cc(C=Nc2ccc([N+](=O)[O-])cc2O)c(C)n1-c1ccc(F)cc1. The maximum absolute atomic E-state index is 13.1. The van der Waals surface area contributed by atoms with Crippen molar-refractivity contribution in [2.24, 2.45) is 4.99 Å². The van der Waals surface area contributed by atoms with Crippen LogP contribution in [0.4, 0.5) is 15.8 Å². The molecule has 132 valence electrons. The number of nitrogens with zero attached hydrogens (tertiary/aromatic N) is 3. The van der Waals surface area contributed by atoms with Crippen LogP contribution in [0.5, 0.6) is 5.75 Å². The number of aromatic nitrogens is 1. The first-order valence-corrected chi connectivity index (χ1v) is 7.83. The molecule has 1 N–H and O–H groups in total. The van der Waals surface area contributed by atoms with Crippen LogP contribution in [-0.2, 0) is 0 Å². The number of hydrogen-bond donors (Lipinski definition) is 1. The molecule has 0 bridgehead atoms. The van der Waals surface area contributed by atoms with Gasteiger partial charge >= 0.3 is 0 Å². The summed E-state index contributed by atoms with van der Waals surface area (Å²) in [6, 6.07) is 11.8. The smallest absolute Gasteiger partial charge is 0.273 e. The lowest BCUT2D eigenvalue weighted by molar-refractivity contribution is -0.384. The number of benzene rings is 2. The van der Waals surface area contributed by atoms with E-state index in [1.54, 1.807) is 18.3 Å². The second-order valence-electron chi connectivity index (χ2n) is 5.83. The van der Waals surface area contributed by atoms with Gasteiger partial charge in [0.15, 0.2) is 0 Å². The van der Waals surface area contributed by atoms with Crippen LogP contribution in [0, 0.1) is 29.8 Å². The van der Waals surface area contributed by atoms with Crippen LogP contribution < -0.4 is 0 Å². The Kier molecular flexibility index (Phi) is 4.53. The summed E-state index contributed by atoms with van der Waals surface area (Å²) in [5.41, 5.74) is 3.55. The molecule has 2 aromatic carbocycles. The lowest BCUT2D eigenvalue weighted by atomic mass is 10.2. The average Bonchev–Trinajstić information content (AvgIpc) is 2.88. The van der Waals surface area contributed by atoms with Gasteiger partial charge in [0, 0.05) is 34.9 Å². The monoisotopic (exact) mass is 353 g/mol. The van der Waals surface area contributed by atoms with Gasteiger partial charge in [-0.05, 0) is 50.2 Å². The lowest BCUT2D eigenvalue weighted by Crippen LogP contribution is -1.99. The normalized spacial score (nSPS) is 11.2. The van der Waals surface area contributed by atoms with Gasteiger partial charge in [-0.1, -0.05) is 0 Å². The zero-order valence-electron chi connectivity index (χ0n) is 14.2. The Morgan fingerprint density at radius 2 is 1.85 bits per heavy atom. The second-order valence-corrected chi connectivity index (χ2v) is 5.83. The Balaban J connectivity index is 1.94. The minimum absolute atomic E-state index is 0.198. The van der Waals surface area contributed by atoms with E-state index >= 15 is 0 Å². The molecule has 0 aliphatic carbocycles. The van der Waals surface area contributed by atoms with Crippen LogP contribution >= 0.6 is 0 Å². The van der Waals surface area contributed by atoms with Crippen LogP contribution in [0.2, 0.25) is 0 Å². The van der Waals surface area contributed by atoms with E-state index in [0.717, 1.165) is 28.7 Å². The number of rotatable bonds is 4. The number of nitro groups is 1. The molecule has 7 heteroatoms. The molecule has 0 amide bonds. The first kappa shape index (κ1) is 17.3. The Bertz CT molecular complexity index is 1010. The number of aromatic hydroxyl groups is 1. The van der Waals surface area contributed by atoms with Crippen molar-refractivity contribution in [3.8, 4) is 11.4 Å². The topological polar surface area (TPSA) is 80.7 Å². The van der Waals surface area contributed by atoms with Crippen molar-refractivity contribution >= 4 is 17.6 Å². The number of halogens is 1. The Morgan fingerprint density at radius 1 is 1.15 bits per heavy atom. The van der Waals surface area contributed by atoms with E-state index in [1.807, 2.05) is 24.5 Å². The summed E-state index contributed by atoms with van der Waals surface area (Å²) >= 11 is 0. The molecule has 0 spiro atoms. The first-order chi connectivity index (χ1) is 12.4. The van der Waals surface area contributed by atoms with E-state index < -0.39 is 4.92 Å². The van der Waals surface area contributed by atoms with Crippen molar-refractivity contribution in [2.45, 2.75) is 13.8 Å². The van der Waals surface area contributed by atoms with Gasteiger partial charge < -0.3 is 9.67 Å². The number of phenolic OH excluding ortho intramolecular Hbond substituents is 1. The highest BCUT2D eigenvalue weighted by atomic mass is 19.1. The molecule has 0 atom stereocenters. The molecule has 0 unspecified atom stereocenters. The summed E-state index contributed by atoms with van der Waals surface area (Å²) in [5.74, 6) is -0.561. The van der Waals surface area contributed by atoms with E-state index in [-0.39, 0.29) is 22.9 Å². The Labute approximate surface area is 149 Å². The van der Waals surface area contributed by atoms with Crippen LogP contribution in [0.3, 0.4) is 0 Å². The van der Waals surface area contributed by atoms with Crippen molar-refractivity contribution in [3.05, 3.63) is 81.4 Å². The fourth-order valence-electron chi connectivity index (χ4n) is 2.78. The minimum atomic E-state index is -0.580. The molecule has 0 saturated heterocycles. The standard InChI is InChI=1S/C19H16FN3O3/c1-12-9-14(13(2)22(12)16-5-3-15(20)4-6-16)11-21-18-8-7-17(23(25)26)10-19(18)24/h3-11,24H,1-2H3. The van der Waals surface area contributed by atoms with Gasteiger partial charge in [-0.15, -0.1) is 0 Å². The van der Waals surface area contributed by atoms with Gasteiger partial charge in [0.25, 0.3) is 5.69 Å².